The molecule has 3 N–H and O–H groups in total. The molecule has 15 nitrogen and oxygen atoms in total. The van der Waals surface area contributed by atoms with E-state index >= 15 is 0 Å². The summed E-state index contributed by atoms with van der Waals surface area (Å²) in [6.07, 6.45) is 5.48. The first-order valence-electron chi connectivity index (χ1n) is 15.2. The summed E-state index contributed by atoms with van der Waals surface area (Å²) in [6, 6.07) is -2.04. The summed E-state index contributed by atoms with van der Waals surface area (Å²) in [5, 5.41) is 13.1. The van der Waals surface area contributed by atoms with E-state index in [1.165, 1.54) is 11.0 Å². The number of hydrogen-bond acceptors (Lipinski definition) is 10. The van der Waals surface area contributed by atoms with Crippen molar-refractivity contribution < 1.29 is 37.1 Å². The smallest absolute Gasteiger partial charge is 0.407 e. The lowest BCUT2D eigenvalue weighted by atomic mass is 10.0. The number of sulfonamides is 1. The molecule has 1 saturated heterocycles. The summed E-state index contributed by atoms with van der Waals surface area (Å²) in [5.74, 6) is -2.77. The van der Waals surface area contributed by atoms with E-state index in [1.54, 1.807) is 24.7 Å². The minimum Gasteiger partial charge on any atom is -0.450 e. The Hall–Kier alpha value is -3.53. The van der Waals surface area contributed by atoms with Gasteiger partial charge in [-0.3, -0.25) is 23.8 Å². The zero-order valence-electron chi connectivity index (χ0n) is 25.1. The van der Waals surface area contributed by atoms with Crippen molar-refractivity contribution in [1.82, 2.24) is 35.2 Å². The molecule has 1 aromatic rings. The van der Waals surface area contributed by atoms with Crippen LogP contribution in [0, 0.1) is 11.8 Å². The highest BCUT2D eigenvalue weighted by Crippen LogP contribution is 2.45. The van der Waals surface area contributed by atoms with Gasteiger partial charge in [-0.15, -0.1) is 11.7 Å². The van der Waals surface area contributed by atoms with Crippen molar-refractivity contribution in [1.29, 1.82) is 0 Å². The second-order valence-corrected chi connectivity index (χ2v) is 14.4. The molecule has 242 valence electrons. The quantitative estimate of drug-likeness (QED) is 0.353. The summed E-state index contributed by atoms with van der Waals surface area (Å²) in [5.41, 5.74) is -0.898. The minimum atomic E-state index is -3.85. The Morgan fingerprint density at radius 1 is 1.23 bits per heavy atom. The van der Waals surface area contributed by atoms with E-state index in [1.807, 2.05) is 0 Å². The van der Waals surface area contributed by atoms with Crippen molar-refractivity contribution in [2.45, 2.75) is 101 Å². The summed E-state index contributed by atoms with van der Waals surface area (Å²) in [6.45, 7) is 8.27. The summed E-state index contributed by atoms with van der Waals surface area (Å²) >= 11 is 0. The van der Waals surface area contributed by atoms with E-state index in [0.717, 1.165) is 12.8 Å². The monoisotopic (exact) mass is 635 g/mol. The molecule has 2 aliphatic heterocycles. The third-order valence-corrected chi connectivity index (χ3v) is 10.4. The number of aryl methyl sites for hydroxylation is 1. The van der Waals surface area contributed by atoms with Gasteiger partial charge in [0.15, 0.2) is 0 Å². The molecule has 4 amide bonds. The van der Waals surface area contributed by atoms with E-state index in [4.69, 9.17) is 9.47 Å². The van der Waals surface area contributed by atoms with Crippen LogP contribution in [0.25, 0.3) is 0 Å². The Bertz CT molecular complexity index is 1390. The van der Waals surface area contributed by atoms with E-state index in [9.17, 15) is 27.6 Å². The van der Waals surface area contributed by atoms with Gasteiger partial charge in [-0.25, -0.2) is 13.2 Å². The lowest BCUT2D eigenvalue weighted by Crippen LogP contribution is -2.59. The van der Waals surface area contributed by atoms with E-state index in [0.29, 0.717) is 31.5 Å². The number of ether oxygens (including phenoxy) is 2. The first kappa shape index (κ1) is 31.9. The fraction of sp³-hybridized carbons (Fsp3) is 0.714. The lowest BCUT2D eigenvalue weighted by Gasteiger charge is -2.31. The molecule has 2 saturated carbocycles. The predicted molar refractivity (Wildman–Crippen MR) is 155 cm³/mol. The molecule has 44 heavy (non-hydrogen) atoms. The molecule has 4 aliphatic rings. The van der Waals surface area contributed by atoms with E-state index < -0.39 is 68.7 Å². The topological polar surface area (TPSA) is 191 Å². The van der Waals surface area contributed by atoms with Crippen LogP contribution < -0.4 is 15.4 Å². The number of carbonyl (C=O) groups excluding carboxylic acids is 4. The molecule has 2 aliphatic carbocycles. The van der Waals surface area contributed by atoms with E-state index in [-0.39, 0.29) is 38.5 Å². The maximum atomic E-state index is 13.9. The molecule has 5 rings (SSSR count). The second-order valence-electron chi connectivity index (χ2n) is 12.4. The first-order valence-corrected chi connectivity index (χ1v) is 16.7. The maximum Gasteiger partial charge on any atom is 0.407 e. The molecule has 0 spiro atoms. The van der Waals surface area contributed by atoms with Gasteiger partial charge in [-0.1, -0.05) is 25.1 Å². The molecular formula is C28H41N7O8S. The highest BCUT2D eigenvalue weighted by atomic mass is 32.2. The van der Waals surface area contributed by atoms with Gasteiger partial charge in [0.2, 0.25) is 21.8 Å². The number of nitrogens with one attached hydrogen (secondary N) is 3. The van der Waals surface area contributed by atoms with Gasteiger partial charge in [0.1, 0.15) is 23.3 Å². The van der Waals surface area contributed by atoms with E-state index in [2.05, 4.69) is 32.2 Å². The van der Waals surface area contributed by atoms with Crippen molar-refractivity contribution in [3.63, 3.8) is 0 Å². The Morgan fingerprint density at radius 2 is 2.00 bits per heavy atom. The molecule has 0 unspecified atom stereocenters. The normalized spacial score (nSPS) is 30.0. The number of carbonyl (C=O) groups is 4. The van der Waals surface area contributed by atoms with Crippen LogP contribution in [0.15, 0.2) is 18.9 Å². The van der Waals surface area contributed by atoms with Gasteiger partial charge in [0, 0.05) is 25.4 Å². The molecular weight excluding hydrogens is 594 g/mol. The zero-order chi connectivity index (χ0) is 31.6. The highest BCUT2D eigenvalue weighted by Gasteiger charge is 2.62. The number of cyclic esters (lactones) is 1. The largest absolute Gasteiger partial charge is 0.450 e. The number of fused-ring (bicyclic) bond motifs is 4. The fourth-order valence-corrected chi connectivity index (χ4v) is 7.09. The van der Waals surface area contributed by atoms with Gasteiger partial charge < -0.3 is 25.0 Å². The molecule has 0 radical (unpaired) electrons. The predicted octanol–water partition coefficient (Wildman–Crippen LogP) is 0.368. The number of nitrogens with zero attached hydrogens (tertiary/aromatic N) is 4. The third-order valence-electron chi connectivity index (χ3n) is 8.62. The zero-order valence-corrected chi connectivity index (χ0v) is 25.9. The van der Waals surface area contributed by atoms with Crippen LogP contribution in [-0.4, -0.2) is 94.3 Å². The van der Waals surface area contributed by atoms with Gasteiger partial charge >= 0.3 is 6.09 Å². The van der Waals surface area contributed by atoms with Crippen LogP contribution in [0.5, 0.6) is 0 Å². The molecule has 5 atom stereocenters. The van der Waals surface area contributed by atoms with Crippen LogP contribution in [0.3, 0.4) is 0 Å². The van der Waals surface area contributed by atoms with Crippen LogP contribution in [0.1, 0.15) is 64.5 Å². The first-order chi connectivity index (χ1) is 20.9. The molecule has 0 aromatic carbocycles. The van der Waals surface area contributed by atoms with Gasteiger partial charge in [0.25, 0.3) is 5.91 Å². The Morgan fingerprint density at radius 3 is 2.68 bits per heavy atom. The molecule has 3 fully saturated rings. The van der Waals surface area contributed by atoms with Gasteiger partial charge in [0.05, 0.1) is 30.8 Å². The SMILES string of the molecule is C=C[C@@H]1C[C@]1(NC(=O)[C@@H]1C[C@@H]2CN1C(=O)[C@H](C(C)C)NC(=O)OCCCCCn1cc(nn1)CO2)C(=O)NS(=O)(=O)C1CC1. The second kappa shape index (κ2) is 12.8. The van der Waals surface area contributed by atoms with Crippen LogP contribution >= 0.6 is 0 Å². The average Bonchev–Trinajstić information content (AvgIpc) is 3.86. The Labute approximate surface area is 256 Å². The van der Waals surface area contributed by atoms with Gasteiger partial charge in [-0.05, 0) is 44.4 Å². The fourth-order valence-electron chi connectivity index (χ4n) is 5.72. The molecule has 4 bridgehead atoms. The van der Waals surface area contributed by atoms with Crippen molar-refractivity contribution in [3.8, 4) is 0 Å². The number of rotatable bonds is 7. The summed E-state index contributed by atoms with van der Waals surface area (Å²) in [4.78, 5) is 55.0. The number of amides is 4. The van der Waals surface area contributed by atoms with Crippen molar-refractivity contribution in [2.75, 3.05) is 13.2 Å². The lowest BCUT2D eigenvalue weighted by molar-refractivity contribution is -0.141. The van der Waals surface area contributed by atoms with Gasteiger partial charge in [-0.2, -0.15) is 0 Å². The van der Waals surface area contributed by atoms with Crippen molar-refractivity contribution in [2.24, 2.45) is 11.8 Å². The van der Waals surface area contributed by atoms with Crippen LogP contribution in [0.4, 0.5) is 4.79 Å². The molecule has 1 aromatic heterocycles. The average molecular weight is 636 g/mol. The maximum absolute atomic E-state index is 13.9. The molecule has 16 heteroatoms. The van der Waals surface area contributed by atoms with Crippen molar-refractivity contribution in [3.05, 3.63) is 24.5 Å². The van der Waals surface area contributed by atoms with Crippen LogP contribution in [-0.2, 0) is 47.0 Å². The van der Waals surface area contributed by atoms with Crippen LogP contribution in [0.2, 0.25) is 0 Å². The Balaban J connectivity index is 1.37. The van der Waals surface area contributed by atoms with Crippen molar-refractivity contribution >= 4 is 33.8 Å². The Kier molecular flexibility index (Phi) is 9.30. The standard InChI is InChI=1S/C28H41N7O8S/c1-4-18-13-28(18,26(38)32-44(40,41)21-8-9-21)30-24(36)22-12-20-15-35(22)25(37)23(17(2)3)29-27(39)42-11-7-5-6-10-34-14-19(16-43-20)31-33-34/h4,14,17-18,20-23H,1,5-13,15-16H2,2-3H3,(H,29,39)(H,30,36)(H,32,38)/t18-,20-,22+,23+,28-/m1/s1. The summed E-state index contributed by atoms with van der Waals surface area (Å²) in [7, 11) is -3.85. The summed E-state index contributed by atoms with van der Waals surface area (Å²) < 4.78 is 40.3. The number of aromatic nitrogens is 3. The number of alkyl carbamates (subject to hydrolysis) is 1. The highest BCUT2D eigenvalue weighted by molar-refractivity contribution is 7.91. The third kappa shape index (κ3) is 7.06. The number of hydrogen-bond donors (Lipinski definition) is 3. The molecule has 3 heterocycles. The minimum absolute atomic E-state index is 0.0468.